The average Bonchev–Trinajstić information content (AvgIpc) is 2.88. The number of rotatable bonds is 31. The average molecular weight is 507 g/mol. The van der Waals surface area contributed by atoms with Gasteiger partial charge in [-0.3, -0.25) is 0 Å². The SMILES string of the molecule is CCCCCCCCCCCCC(CCCCCCCCCC)CC(C)CCCCCCCCCC. The third-order valence-electron chi connectivity index (χ3n) is 8.72. The van der Waals surface area contributed by atoms with Crippen LogP contribution in [-0.4, -0.2) is 0 Å². The molecule has 0 heteroatoms. The summed E-state index contributed by atoms with van der Waals surface area (Å²) >= 11 is 0. The summed E-state index contributed by atoms with van der Waals surface area (Å²) in [6.45, 7) is 9.53. The molecule has 0 fully saturated rings. The van der Waals surface area contributed by atoms with Gasteiger partial charge >= 0.3 is 0 Å². The maximum atomic E-state index is 2.57. The van der Waals surface area contributed by atoms with Crippen molar-refractivity contribution in [3.63, 3.8) is 0 Å². The molecule has 0 spiro atoms. The van der Waals surface area contributed by atoms with E-state index in [1.54, 1.807) is 0 Å². The fourth-order valence-electron chi connectivity index (χ4n) is 6.18. The van der Waals surface area contributed by atoms with E-state index >= 15 is 0 Å². The second-order valence-corrected chi connectivity index (χ2v) is 12.7. The van der Waals surface area contributed by atoms with Crippen molar-refractivity contribution in [3.8, 4) is 0 Å². The Kier molecular flexibility index (Phi) is 31.2. The van der Waals surface area contributed by atoms with Crippen molar-refractivity contribution < 1.29 is 0 Å². The molecule has 2 unspecified atom stereocenters. The standard InChI is InChI=1S/C36H74/c1-5-8-11-14-17-20-21-24-27-30-33-36(32-29-26-23-19-16-13-10-7-3)34-35(4)31-28-25-22-18-15-12-9-6-2/h35-36H,5-34H2,1-4H3. The Morgan fingerprint density at radius 1 is 0.306 bits per heavy atom. The zero-order valence-corrected chi connectivity index (χ0v) is 26.4. The molecule has 2 atom stereocenters. The minimum Gasteiger partial charge on any atom is -0.0654 e. The molecule has 0 saturated carbocycles. The molecule has 0 aromatic heterocycles. The van der Waals surface area contributed by atoms with Crippen LogP contribution in [0.5, 0.6) is 0 Å². The summed E-state index contributed by atoms with van der Waals surface area (Å²) in [5, 5.41) is 0. The lowest BCUT2D eigenvalue weighted by molar-refractivity contribution is 0.312. The van der Waals surface area contributed by atoms with Gasteiger partial charge in [0.25, 0.3) is 0 Å². The van der Waals surface area contributed by atoms with E-state index in [9.17, 15) is 0 Å². The van der Waals surface area contributed by atoms with E-state index < -0.39 is 0 Å². The van der Waals surface area contributed by atoms with Gasteiger partial charge in [0.15, 0.2) is 0 Å². The maximum absolute atomic E-state index is 2.57. The second-order valence-electron chi connectivity index (χ2n) is 12.7. The number of unbranched alkanes of at least 4 members (excludes halogenated alkanes) is 23. The summed E-state index contributed by atoms with van der Waals surface area (Å²) in [6.07, 6.45) is 44.2. The lowest BCUT2D eigenvalue weighted by Crippen LogP contribution is -2.08. The highest BCUT2D eigenvalue weighted by Gasteiger charge is 2.13. The first kappa shape index (κ1) is 36.0. The van der Waals surface area contributed by atoms with E-state index in [0.29, 0.717) is 0 Å². The minimum absolute atomic E-state index is 0.951. The molecular weight excluding hydrogens is 432 g/mol. The van der Waals surface area contributed by atoms with Crippen molar-refractivity contribution in [1.82, 2.24) is 0 Å². The van der Waals surface area contributed by atoms with Crippen LogP contribution in [0.4, 0.5) is 0 Å². The fourth-order valence-corrected chi connectivity index (χ4v) is 6.18. The van der Waals surface area contributed by atoms with Crippen LogP contribution in [0.15, 0.2) is 0 Å². The molecule has 218 valence electrons. The molecule has 0 heterocycles. The first-order valence-electron chi connectivity index (χ1n) is 17.7. The predicted octanol–water partition coefficient (Wildman–Crippen LogP) is 14.0. The van der Waals surface area contributed by atoms with Crippen molar-refractivity contribution in [2.24, 2.45) is 11.8 Å². The normalized spacial score (nSPS) is 13.3. The molecule has 0 bridgehead atoms. The first-order chi connectivity index (χ1) is 17.7. The third-order valence-corrected chi connectivity index (χ3v) is 8.72. The predicted molar refractivity (Wildman–Crippen MR) is 168 cm³/mol. The lowest BCUT2D eigenvalue weighted by atomic mass is 9.85. The monoisotopic (exact) mass is 507 g/mol. The summed E-state index contributed by atoms with van der Waals surface area (Å²) in [5.74, 6) is 1.97. The molecule has 0 saturated heterocycles. The summed E-state index contributed by atoms with van der Waals surface area (Å²) in [5.41, 5.74) is 0. The molecule has 0 radical (unpaired) electrons. The van der Waals surface area contributed by atoms with Gasteiger partial charge in [-0.1, -0.05) is 214 Å². The Bertz CT molecular complexity index is 372. The largest absolute Gasteiger partial charge is 0.0654 e. The molecule has 0 aliphatic heterocycles. The molecular formula is C36H74. The van der Waals surface area contributed by atoms with Crippen LogP contribution in [-0.2, 0) is 0 Å². The smallest absolute Gasteiger partial charge is 0.0412 e. The first-order valence-corrected chi connectivity index (χ1v) is 17.7. The van der Waals surface area contributed by atoms with E-state index in [1.807, 2.05) is 0 Å². The van der Waals surface area contributed by atoms with Gasteiger partial charge in [0, 0.05) is 0 Å². The van der Waals surface area contributed by atoms with E-state index in [-0.39, 0.29) is 0 Å². The summed E-state index contributed by atoms with van der Waals surface area (Å²) in [6, 6.07) is 0. The fraction of sp³-hybridized carbons (Fsp3) is 1.00. The minimum atomic E-state index is 0.951. The molecule has 0 N–H and O–H groups in total. The van der Waals surface area contributed by atoms with Crippen molar-refractivity contribution >= 4 is 0 Å². The van der Waals surface area contributed by atoms with Crippen LogP contribution in [0, 0.1) is 11.8 Å². The number of hydrogen-bond acceptors (Lipinski definition) is 0. The summed E-state index contributed by atoms with van der Waals surface area (Å²) < 4.78 is 0. The highest BCUT2D eigenvalue weighted by atomic mass is 14.2. The molecule has 0 aliphatic rings. The van der Waals surface area contributed by atoms with Gasteiger partial charge < -0.3 is 0 Å². The lowest BCUT2D eigenvalue weighted by Gasteiger charge is -2.21. The second kappa shape index (κ2) is 31.2. The molecule has 0 nitrogen and oxygen atoms in total. The summed E-state index contributed by atoms with van der Waals surface area (Å²) in [7, 11) is 0. The Morgan fingerprint density at radius 2 is 0.556 bits per heavy atom. The quantitative estimate of drug-likeness (QED) is 0.0820. The summed E-state index contributed by atoms with van der Waals surface area (Å²) in [4.78, 5) is 0. The van der Waals surface area contributed by atoms with E-state index in [0.717, 1.165) is 11.8 Å². The highest BCUT2D eigenvalue weighted by Crippen LogP contribution is 2.28. The van der Waals surface area contributed by atoms with E-state index in [4.69, 9.17) is 0 Å². The number of hydrogen-bond donors (Lipinski definition) is 0. The van der Waals surface area contributed by atoms with Gasteiger partial charge in [0.1, 0.15) is 0 Å². The van der Waals surface area contributed by atoms with Crippen LogP contribution in [0.2, 0.25) is 0 Å². The molecule has 0 aliphatic carbocycles. The molecule has 0 rings (SSSR count). The van der Waals surface area contributed by atoms with Crippen LogP contribution < -0.4 is 0 Å². The third kappa shape index (κ3) is 28.6. The van der Waals surface area contributed by atoms with Crippen molar-refractivity contribution in [1.29, 1.82) is 0 Å². The van der Waals surface area contributed by atoms with Crippen LogP contribution in [0.1, 0.15) is 220 Å². The zero-order chi connectivity index (χ0) is 26.4. The van der Waals surface area contributed by atoms with Gasteiger partial charge in [0.05, 0.1) is 0 Å². The van der Waals surface area contributed by atoms with Crippen LogP contribution >= 0.6 is 0 Å². The molecule has 0 aromatic carbocycles. The van der Waals surface area contributed by atoms with Gasteiger partial charge in [0.2, 0.25) is 0 Å². The van der Waals surface area contributed by atoms with Crippen LogP contribution in [0.25, 0.3) is 0 Å². The van der Waals surface area contributed by atoms with Gasteiger partial charge in [-0.15, -0.1) is 0 Å². The van der Waals surface area contributed by atoms with Gasteiger partial charge in [-0.05, 0) is 18.3 Å². The van der Waals surface area contributed by atoms with E-state index in [1.165, 1.54) is 193 Å². The molecule has 36 heavy (non-hydrogen) atoms. The Morgan fingerprint density at radius 3 is 0.861 bits per heavy atom. The topological polar surface area (TPSA) is 0 Å². The van der Waals surface area contributed by atoms with Crippen molar-refractivity contribution in [3.05, 3.63) is 0 Å². The Balaban J connectivity index is 4.01. The van der Waals surface area contributed by atoms with Crippen LogP contribution in [0.3, 0.4) is 0 Å². The zero-order valence-electron chi connectivity index (χ0n) is 26.4. The highest BCUT2D eigenvalue weighted by molar-refractivity contribution is 4.66. The van der Waals surface area contributed by atoms with Gasteiger partial charge in [-0.2, -0.15) is 0 Å². The molecule has 0 aromatic rings. The van der Waals surface area contributed by atoms with Gasteiger partial charge in [-0.25, -0.2) is 0 Å². The maximum Gasteiger partial charge on any atom is -0.0412 e. The van der Waals surface area contributed by atoms with E-state index in [2.05, 4.69) is 27.7 Å². The Labute approximate surface area is 232 Å². The Hall–Kier alpha value is 0. The van der Waals surface area contributed by atoms with Crippen molar-refractivity contribution in [2.75, 3.05) is 0 Å². The molecule has 0 amide bonds. The van der Waals surface area contributed by atoms with Crippen molar-refractivity contribution in [2.45, 2.75) is 220 Å².